The van der Waals surface area contributed by atoms with Crippen LogP contribution in [-0.2, 0) is 17.9 Å². The van der Waals surface area contributed by atoms with Crippen LogP contribution in [0.5, 0.6) is 5.88 Å². The summed E-state index contributed by atoms with van der Waals surface area (Å²) in [5, 5.41) is 19.4. The van der Waals surface area contributed by atoms with Crippen LogP contribution in [0.4, 0.5) is 0 Å². The smallest absolute Gasteiger partial charge is 0.309 e. The second-order valence-electron chi connectivity index (χ2n) is 12.2. The maximum absolute atomic E-state index is 13.2. The van der Waals surface area contributed by atoms with Gasteiger partial charge < -0.3 is 14.9 Å². The Hall–Kier alpha value is -4.39. The number of aliphatic carboxylic acids is 1. The molecule has 2 fully saturated rings. The summed E-state index contributed by atoms with van der Waals surface area (Å²) in [5.41, 5.74) is 5.70. The number of rotatable bonds is 10. The van der Waals surface area contributed by atoms with E-state index in [1.165, 1.54) is 4.40 Å². The van der Waals surface area contributed by atoms with Gasteiger partial charge in [0.15, 0.2) is 0 Å². The number of hydrogen-bond acceptors (Lipinski definition) is 9. The first kappa shape index (κ1) is 32.2. The third-order valence-electron chi connectivity index (χ3n) is 9.02. The van der Waals surface area contributed by atoms with Gasteiger partial charge in [0.25, 0.3) is 5.56 Å². The lowest BCUT2D eigenvalue weighted by Crippen LogP contribution is -2.50. The number of ether oxygens (including phenoxy) is 1. The molecule has 2 N–H and O–H groups in total. The number of likely N-dealkylation sites (tertiary alicyclic amines) is 2. The van der Waals surface area contributed by atoms with E-state index in [4.69, 9.17) is 38.0 Å². The molecule has 2 saturated heterocycles. The van der Waals surface area contributed by atoms with Crippen LogP contribution in [0.25, 0.3) is 39.2 Å². The first-order valence-corrected chi connectivity index (χ1v) is 16.3. The highest BCUT2D eigenvalue weighted by Crippen LogP contribution is 2.42. The Morgan fingerprint density at radius 1 is 0.917 bits per heavy atom. The largest absolute Gasteiger partial charge is 0.481 e. The molecular formula is C35H32Cl2N6O5. The van der Waals surface area contributed by atoms with Crippen molar-refractivity contribution in [2.24, 2.45) is 11.8 Å². The summed E-state index contributed by atoms with van der Waals surface area (Å²) >= 11 is 14.1. The number of benzene rings is 2. The minimum absolute atomic E-state index is 0.181. The summed E-state index contributed by atoms with van der Waals surface area (Å²) in [6, 6.07) is 15.0. The van der Waals surface area contributed by atoms with Crippen LogP contribution in [0.15, 0.2) is 71.9 Å². The highest BCUT2D eigenvalue weighted by Gasteiger charge is 2.33. The van der Waals surface area contributed by atoms with Gasteiger partial charge in [-0.1, -0.05) is 59.6 Å². The molecular weight excluding hydrogens is 655 g/mol. The van der Waals surface area contributed by atoms with Crippen LogP contribution in [0.3, 0.4) is 0 Å². The van der Waals surface area contributed by atoms with E-state index < -0.39 is 11.9 Å². The molecule has 3 aromatic heterocycles. The Balaban J connectivity index is 1.16. The standard InChI is InChI=1S/C35H32Cl2N6O5/c1-48-33-29(18-41-13-20(14-41)19-44)38-12-28(40-33)27-7-3-6-26(32(27)37)25-5-2-4-24(31(25)36)21-8-9-43-30(10-21)39-11-22(34(43)45)15-42-16-23(17-42)35(46)47/h2-12,20,23,44H,13-19H2,1H3,(H,46,47). The zero-order valence-electron chi connectivity index (χ0n) is 26.0. The first-order chi connectivity index (χ1) is 23.2. The highest BCUT2D eigenvalue weighted by molar-refractivity contribution is 6.39. The van der Waals surface area contributed by atoms with Crippen molar-refractivity contribution in [1.82, 2.24) is 29.2 Å². The average Bonchev–Trinajstić information content (AvgIpc) is 3.05. The Morgan fingerprint density at radius 2 is 1.58 bits per heavy atom. The van der Waals surface area contributed by atoms with Gasteiger partial charge in [0, 0.05) is 86.4 Å². The molecule has 7 rings (SSSR count). The molecule has 2 aromatic carbocycles. The maximum atomic E-state index is 13.2. The molecule has 0 spiro atoms. The van der Waals surface area contributed by atoms with Crippen LogP contribution < -0.4 is 10.3 Å². The number of aliphatic hydroxyl groups excluding tert-OH is 1. The van der Waals surface area contributed by atoms with E-state index in [9.17, 15) is 14.7 Å². The van der Waals surface area contributed by atoms with Crippen molar-refractivity contribution in [2.75, 3.05) is 39.9 Å². The van der Waals surface area contributed by atoms with Crippen molar-refractivity contribution in [3.63, 3.8) is 0 Å². The Kier molecular flexibility index (Phi) is 8.88. The number of carboxylic acid groups (broad SMARTS) is 1. The average molecular weight is 688 g/mol. The monoisotopic (exact) mass is 686 g/mol. The lowest BCUT2D eigenvalue weighted by molar-refractivity contribution is -0.147. The third-order valence-corrected chi connectivity index (χ3v) is 9.84. The second kappa shape index (κ2) is 13.3. The molecule has 0 amide bonds. The Labute approximate surface area is 286 Å². The molecule has 5 aromatic rings. The Bertz CT molecular complexity index is 2090. The number of methoxy groups -OCH3 is 1. The maximum Gasteiger partial charge on any atom is 0.309 e. The van der Waals surface area contributed by atoms with Crippen LogP contribution in [0.1, 0.15) is 11.3 Å². The van der Waals surface area contributed by atoms with Crippen molar-refractivity contribution in [3.8, 4) is 39.4 Å². The molecule has 0 saturated carbocycles. The van der Waals surface area contributed by atoms with E-state index in [-0.39, 0.29) is 12.2 Å². The zero-order chi connectivity index (χ0) is 33.5. The molecule has 0 atom stereocenters. The van der Waals surface area contributed by atoms with Gasteiger partial charge in [0.2, 0.25) is 5.88 Å². The molecule has 0 radical (unpaired) electrons. The van der Waals surface area contributed by atoms with Gasteiger partial charge in [-0.25, -0.2) is 9.97 Å². The fourth-order valence-corrected chi connectivity index (χ4v) is 6.98. The summed E-state index contributed by atoms with van der Waals surface area (Å²) in [7, 11) is 1.57. The van der Waals surface area contributed by atoms with E-state index in [0.717, 1.165) is 35.3 Å². The van der Waals surface area contributed by atoms with E-state index in [2.05, 4.69) is 14.9 Å². The number of hydrogen-bond donors (Lipinski definition) is 2. The summed E-state index contributed by atoms with van der Waals surface area (Å²) in [5.74, 6) is -0.497. The molecule has 0 aliphatic carbocycles. The molecule has 0 unspecified atom stereocenters. The van der Waals surface area contributed by atoms with Crippen molar-refractivity contribution >= 4 is 34.8 Å². The number of nitrogens with zero attached hydrogens (tertiary/aromatic N) is 6. The van der Waals surface area contributed by atoms with Gasteiger partial charge in [-0.05, 0) is 17.7 Å². The zero-order valence-corrected chi connectivity index (χ0v) is 27.5. The second-order valence-corrected chi connectivity index (χ2v) is 13.0. The lowest BCUT2D eigenvalue weighted by atomic mass is 9.97. The SMILES string of the molecule is COc1nc(-c2cccc(-c3cccc(-c4ccn5c(=O)c(CN6CC(C(=O)O)C6)cnc5c4)c3Cl)c2Cl)cnc1CN1CC(CO)C1. The van der Waals surface area contributed by atoms with Crippen molar-refractivity contribution in [1.29, 1.82) is 0 Å². The number of pyridine rings is 1. The molecule has 2 aliphatic rings. The van der Waals surface area contributed by atoms with Gasteiger partial charge in [-0.2, -0.15) is 0 Å². The normalized spacial score (nSPS) is 15.8. The van der Waals surface area contributed by atoms with Gasteiger partial charge in [0.1, 0.15) is 11.3 Å². The number of carboxylic acids is 1. The van der Waals surface area contributed by atoms with Gasteiger partial charge in [-0.15, -0.1) is 0 Å². The number of aromatic nitrogens is 4. The van der Waals surface area contributed by atoms with Crippen molar-refractivity contribution in [3.05, 3.63) is 98.8 Å². The summed E-state index contributed by atoms with van der Waals surface area (Å²) < 4.78 is 7.07. The topological polar surface area (TPSA) is 133 Å². The fourth-order valence-electron chi connectivity index (χ4n) is 6.32. The Morgan fingerprint density at radius 3 is 2.27 bits per heavy atom. The molecule has 2 aliphatic heterocycles. The van der Waals surface area contributed by atoms with E-state index >= 15 is 0 Å². The third kappa shape index (κ3) is 6.04. The van der Waals surface area contributed by atoms with Crippen LogP contribution in [0, 0.1) is 11.8 Å². The number of aliphatic hydroxyl groups is 1. The van der Waals surface area contributed by atoms with Gasteiger partial charge in [-0.3, -0.25) is 28.8 Å². The first-order valence-electron chi connectivity index (χ1n) is 15.5. The highest BCUT2D eigenvalue weighted by atomic mass is 35.5. The van der Waals surface area contributed by atoms with Crippen molar-refractivity contribution in [2.45, 2.75) is 13.1 Å². The van der Waals surface area contributed by atoms with Crippen LogP contribution in [-0.4, -0.2) is 85.2 Å². The lowest BCUT2D eigenvalue weighted by Gasteiger charge is -2.37. The van der Waals surface area contributed by atoms with E-state index in [1.54, 1.807) is 25.7 Å². The van der Waals surface area contributed by atoms with Crippen molar-refractivity contribution < 1.29 is 19.7 Å². The van der Waals surface area contributed by atoms with Crippen LogP contribution >= 0.6 is 23.2 Å². The molecule has 13 heteroatoms. The molecule has 48 heavy (non-hydrogen) atoms. The molecule has 11 nitrogen and oxygen atoms in total. The summed E-state index contributed by atoms with van der Waals surface area (Å²) in [6.45, 7) is 3.56. The van der Waals surface area contributed by atoms with Gasteiger partial charge in [0.05, 0.1) is 40.5 Å². The molecule has 0 bridgehead atoms. The predicted octanol–water partition coefficient (Wildman–Crippen LogP) is 4.74. The summed E-state index contributed by atoms with van der Waals surface area (Å²) in [6.07, 6.45) is 4.93. The number of halogens is 2. The minimum Gasteiger partial charge on any atom is -0.481 e. The van der Waals surface area contributed by atoms with E-state index in [0.29, 0.717) is 76.2 Å². The number of fused-ring (bicyclic) bond motifs is 1. The fraction of sp³-hybridized carbons (Fsp3) is 0.286. The predicted molar refractivity (Wildman–Crippen MR) is 182 cm³/mol. The minimum atomic E-state index is -0.818. The van der Waals surface area contributed by atoms with Crippen LogP contribution in [0.2, 0.25) is 10.0 Å². The van der Waals surface area contributed by atoms with E-state index in [1.807, 2.05) is 53.4 Å². The summed E-state index contributed by atoms with van der Waals surface area (Å²) in [4.78, 5) is 42.4. The van der Waals surface area contributed by atoms with Gasteiger partial charge >= 0.3 is 5.97 Å². The number of carbonyl (C=O) groups is 1. The molecule has 246 valence electrons. The quantitative estimate of drug-likeness (QED) is 0.212. The molecule has 5 heterocycles.